The van der Waals surface area contributed by atoms with Gasteiger partial charge in [0.05, 0.1) is 26.9 Å². The lowest BCUT2D eigenvalue weighted by Crippen LogP contribution is -2.38. The van der Waals surface area contributed by atoms with Crippen LogP contribution >= 0.6 is 0 Å². The largest absolute Gasteiger partial charge is 0.493 e. The second-order valence-corrected chi connectivity index (χ2v) is 9.43. The third-order valence-electron chi connectivity index (χ3n) is 6.13. The highest BCUT2D eigenvalue weighted by molar-refractivity contribution is 5.87. The molecule has 0 radical (unpaired) electrons. The number of morpholine rings is 1. The third kappa shape index (κ3) is 7.45. The van der Waals surface area contributed by atoms with Crippen LogP contribution in [0, 0.1) is 5.41 Å². The molecule has 1 aliphatic heterocycles. The van der Waals surface area contributed by atoms with Gasteiger partial charge in [-0.1, -0.05) is 0 Å². The summed E-state index contributed by atoms with van der Waals surface area (Å²) in [6.07, 6.45) is 1.22. The fourth-order valence-corrected chi connectivity index (χ4v) is 4.11. The summed E-state index contributed by atoms with van der Waals surface area (Å²) in [5.41, 5.74) is 8.58. The van der Waals surface area contributed by atoms with Gasteiger partial charge in [-0.25, -0.2) is 4.68 Å². The van der Waals surface area contributed by atoms with Crippen molar-refractivity contribution in [2.24, 2.45) is 0 Å². The molecule has 1 aliphatic rings. The molecule has 0 spiro atoms. The molecule has 1 saturated heterocycles. The van der Waals surface area contributed by atoms with Gasteiger partial charge >= 0.3 is 0 Å². The zero-order chi connectivity index (χ0) is 27.8. The Morgan fingerprint density at radius 2 is 1.97 bits per heavy atom. The Morgan fingerprint density at radius 3 is 2.69 bits per heavy atom. The van der Waals surface area contributed by atoms with Gasteiger partial charge in [0.2, 0.25) is 5.95 Å². The Balaban J connectivity index is 1.58. The summed E-state index contributed by atoms with van der Waals surface area (Å²) in [6, 6.07) is 10.8. The second-order valence-electron chi connectivity index (χ2n) is 9.43. The number of nitrogens with one attached hydrogen (secondary N) is 3. The summed E-state index contributed by atoms with van der Waals surface area (Å²) in [5.74, 6) is 1.78. The molecule has 0 saturated carbocycles. The minimum atomic E-state index is -0.207. The number of nitrogen functional groups attached to an aromatic ring is 1. The van der Waals surface area contributed by atoms with Crippen LogP contribution in [0.5, 0.6) is 11.5 Å². The Bertz CT molecular complexity index is 1290. The van der Waals surface area contributed by atoms with E-state index in [4.69, 9.17) is 35.4 Å². The summed E-state index contributed by atoms with van der Waals surface area (Å²) in [7, 11) is 1.55. The molecule has 0 unspecified atom stereocenters. The molecular weight excluding hydrogens is 500 g/mol. The van der Waals surface area contributed by atoms with Crippen LogP contribution < -0.4 is 25.8 Å². The van der Waals surface area contributed by atoms with Crippen LogP contribution in [0.3, 0.4) is 0 Å². The first-order valence-corrected chi connectivity index (χ1v) is 12.9. The number of aromatic nitrogens is 3. The molecule has 1 amide bonds. The molecule has 1 fully saturated rings. The summed E-state index contributed by atoms with van der Waals surface area (Å²) in [5, 5.41) is 18.5. The van der Waals surface area contributed by atoms with Crippen LogP contribution in [0.1, 0.15) is 19.4 Å². The lowest BCUT2D eigenvalue weighted by Gasteiger charge is -2.26. The first-order valence-electron chi connectivity index (χ1n) is 12.9. The quantitative estimate of drug-likeness (QED) is 0.202. The number of hydrogen-bond donors (Lipinski definition) is 4. The van der Waals surface area contributed by atoms with Crippen molar-refractivity contribution in [1.29, 1.82) is 5.41 Å². The third-order valence-corrected chi connectivity index (χ3v) is 6.13. The molecule has 39 heavy (non-hydrogen) atoms. The number of methoxy groups -OCH3 is 1. The van der Waals surface area contributed by atoms with E-state index in [9.17, 15) is 4.79 Å². The topological polar surface area (TPSA) is 153 Å². The molecule has 0 bridgehead atoms. The monoisotopic (exact) mass is 536 g/mol. The van der Waals surface area contributed by atoms with E-state index in [2.05, 4.69) is 15.5 Å². The first kappa shape index (κ1) is 27.9. The Kier molecular flexibility index (Phi) is 9.34. The zero-order valence-electron chi connectivity index (χ0n) is 22.6. The highest BCUT2D eigenvalue weighted by atomic mass is 16.5. The van der Waals surface area contributed by atoms with Gasteiger partial charge < -0.3 is 36.0 Å². The maximum Gasteiger partial charge on any atom is 0.258 e. The molecule has 12 nitrogen and oxygen atoms in total. The van der Waals surface area contributed by atoms with Crippen molar-refractivity contribution in [3.63, 3.8) is 0 Å². The second kappa shape index (κ2) is 13.1. The minimum Gasteiger partial charge on any atom is -0.493 e. The summed E-state index contributed by atoms with van der Waals surface area (Å²) < 4.78 is 18.5. The van der Waals surface area contributed by atoms with E-state index in [1.54, 1.807) is 31.4 Å². The molecule has 3 aromatic rings. The molecule has 1 aromatic heterocycles. The highest BCUT2D eigenvalue weighted by Crippen LogP contribution is 2.32. The molecular formula is C27H36N8O4. The van der Waals surface area contributed by atoms with Gasteiger partial charge in [0.1, 0.15) is 0 Å². The molecule has 0 atom stereocenters. The van der Waals surface area contributed by atoms with E-state index in [0.717, 1.165) is 44.1 Å². The van der Waals surface area contributed by atoms with E-state index in [1.807, 2.05) is 30.7 Å². The maximum atomic E-state index is 12.0. The summed E-state index contributed by atoms with van der Waals surface area (Å²) in [4.78, 5) is 19.1. The van der Waals surface area contributed by atoms with Crippen molar-refractivity contribution in [2.75, 3.05) is 57.6 Å². The normalized spacial score (nSPS) is 13.7. The van der Waals surface area contributed by atoms with Crippen molar-refractivity contribution in [3.8, 4) is 22.9 Å². The molecule has 5 N–H and O–H groups in total. The van der Waals surface area contributed by atoms with Crippen LogP contribution in [-0.2, 0) is 16.1 Å². The number of nitrogens with two attached hydrogens (primary N) is 1. The van der Waals surface area contributed by atoms with Crippen molar-refractivity contribution in [2.45, 2.75) is 26.4 Å². The smallest absolute Gasteiger partial charge is 0.258 e. The molecule has 2 aromatic carbocycles. The van der Waals surface area contributed by atoms with Gasteiger partial charge in [-0.15, -0.1) is 5.10 Å². The van der Waals surface area contributed by atoms with Crippen LogP contribution in [0.15, 0.2) is 36.4 Å². The Labute approximate surface area is 227 Å². The molecule has 208 valence electrons. The van der Waals surface area contributed by atoms with Gasteiger partial charge in [-0.2, -0.15) is 4.98 Å². The number of ether oxygens (including phenoxy) is 3. The standard InChI is InChI=1S/C27H36N8O4/c1-18(2)30-25(36)17-39-23-7-4-19(15-24(23)37-3)26-32-27(31-21-5-6-22(29)20(14-21)16-28)35(33-26)9-8-34-10-12-38-13-11-34/h4-7,14-16,18,28H,8-13,17,29H2,1-3H3,(H,30,36)(H,31,32,33). The van der Waals surface area contributed by atoms with Gasteiger partial charge in [0.15, 0.2) is 23.9 Å². The Morgan fingerprint density at radius 1 is 1.18 bits per heavy atom. The average Bonchev–Trinajstić information content (AvgIpc) is 3.34. The molecule has 2 heterocycles. The Hall–Kier alpha value is -4.16. The number of anilines is 3. The maximum absolute atomic E-state index is 12.0. The number of carbonyl (C=O) groups is 1. The van der Waals surface area contributed by atoms with Crippen molar-refractivity contribution in [1.82, 2.24) is 25.0 Å². The first-order chi connectivity index (χ1) is 18.9. The van der Waals surface area contributed by atoms with Gasteiger partial charge in [-0.3, -0.25) is 9.69 Å². The average molecular weight is 537 g/mol. The summed E-state index contributed by atoms with van der Waals surface area (Å²) >= 11 is 0. The molecule has 12 heteroatoms. The van der Waals surface area contributed by atoms with E-state index >= 15 is 0 Å². The number of rotatable bonds is 12. The lowest BCUT2D eigenvalue weighted by atomic mass is 10.2. The van der Waals surface area contributed by atoms with Crippen LogP contribution in [0.4, 0.5) is 17.3 Å². The van der Waals surface area contributed by atoms with Crippen molar-refractivity contribution >= 4 is 29.4 Å². The van der Waals surface area contributed by atoms with E-state index < -0.39 is 0 Å². The number of carbonyl (C=O) groups excluding carboxylic acids is 1. The molecule has 4 rings (SSSR count). The predicted octanol–water partition coefficient (Wildman–Crippen LogP) is 2.51. The van der Waals surface area contributed by atoms with Gasteiger partial charge in [-0.05, 0) is 50.2 Å². The van der Waals surface area contributed by atoms with Crippen LogP contribution in [-0.4, -0.2) is 84.4 Å². The number of amides is 1. The van der Waals surface area contributed by atoms with Crippen LogP contribution in [0.2, 0.25) is 0 Å². The molecule has 0 aliphatic carbocycles. The van der Waals surface area contributed by atoms with Gasteiger partial charge in [0.25, 0.3) is 5.91 Å². The van der Waals surface area contributed by atoms with Crippen LogP contribution in [0.25, 0.3) is 11.4 Å². The predicted molar refractivity (Wildman–Crippen MR) is 150 cm³/mol. The SMILES string of the molecule is COc1cc(-c2nc(Nc3ccc(N)c(C=N)c3)n(CCN3CCOCC3)n2)ccc1OCC(=O)NC(C)C. The highest BCUT2D eigenvalue weighted by Gasteiger charge is 2.17. The fourth-order valence-electron chi connectivity index (χ4n) is 4.11. The lowest BCUT2D eigenvalue weighted by molar-refractivity contribution is -0.123. The van der Waals surface area contributed by atoms with E-state index in [0.29, 0.717) is 41.1 Å². The van der Waals surface area contributed by atoms with E-state index in [1.165, 1.54) is 6.21 Å². The van der Waals surface area contributed by atoms with Gasteiger partial charge in [0, 0.05) is 54.4 Å². The van der Waals surface area contributed by atoms with Crippen molar-refractivity contribution < 1.29 is 19.0 Å². The number of nitrogens with zero attached hydrogens (tertiary/aromatic N) is 4. The van der Waals surface area contributed by atoms with Crippen molar-refractivity contribution in [3.05, 3.63) is 42.0 Å². The number of benzene rings is 2. The zero-order valence-corrected chi connectivity index (χ0v) is 22.6. The fraction of sp³-hybridized carbons (Fsp3) is 0.407. The number of hydrogen-bond acceptors (Lipinski definition) is 10. The summed E-state index contributed by atoms with van der Waals surface area (Å²) in [6.45, 7) is 8.27. The van der Waals surface area contributed by atoms with E-state index in [-0.39, 0.29) is 18.6 Å². The minimum absolute atomic E-state index is 0.0301.